The van der Waals surface area contributed by atoms with Gasteiger partial charge in [0.1, 0.15) is 18.1 Å². The van der Waals surface area contributed by atoms with E-state index >= 15 is 0 Å². The molecule has 0 aliphatic heterocycles. The van der Waals surface area contributed by atoms with Crippen molar-refractivity contribution in [1.29, 1.82) is 0 Å². The molecule has 0 radical (unpaired) electrons. The van der Waals surface area contributed by atoms with Gasteiger partial charge in [0.15, 0.2) is 5.78 Å². The van der Waals surface area contributed by atoms with Crippen LogP contribution < -0.4 is 15.8 Å². The fourth-order valence-electron chi connectivity index (χ4n) is 2.53. The highest BCUT2D eigenvalue weighted by atomic mass is 16.5. The molecule has 0 atom stereocenters. The summed E-state index contributed by atoms with van der Waals surface area (Å²) in [5.74, 6) is 0.682. The van der Waals surface area contributed by atoms with Gasteiger partial charge in [-0.2, -0.15) is 0 Å². The molecule has 0 aliphatic carbocycles. The monoisotopic (exact) mass is 390 g/mol. The maximum atomic E-state index is 12.5. The maximum absolute atomic E-state index is 12.5. The Kier molecular flexibility index (Phi) is 6.83. The quantitative estimate of drug-likeness (QED) is 0.423. The minimum atomic E-state index is -0.126. The van der Waals surface area contributed by atoms with Crippen molar-refractivity contribution >= 4 is 17.3 Å². The highest BCUT2D eigenvalue weighted by Crippen LogP contribution is 2.15. The third-order valence-corrected chi connectivity index (χ3v) is 4.02. The standard InChI is InChI=1S/C21H22N6O2/c1-2-3-9-29-20-14-26-18(13-27-20)19(28)11-15-6-8-23-16(10-15)12-25-17-5-4-7-24-21(17)22/h2-8,10,13-14,25H,9,11-12H2,1H3,(H2,22,24)/b3-2+. The van der Waals surface area contributed by atoms with Crippen molar-refractivity contribution in [2.75, 3.05) is 17.7 Å². The molecular formula is C21H22N6O2. The van der Waals surface area contributed by atoms with Crippen LogP contribution in [0.3, 0.4) is 0 Å². The predicted octanol–water partition coefficient (Wildman–Crippen LogP) is 2.84. The number of nitrogen functional groups attached to an aromatic ring is 1. The van der Waals surface area contributed by atoms with Crippen LogP contribution in [0.1, 0.15) is 28.7 Å². The second kappa shape index (κ2) is 9.93. The summed E-state index contributed by atoms with van der Waals surface area (Å²) in [6, 6.07) is 7.33. The number of rotatable bonds is 9. The minimum Gasteiger partial charge on any atom is -0.472 e. The molecule has 3 aromatic heterocycles. The number of hydrogen-bond donors (Lipinski definition) is 2. The molecule has 8 nitrogen and oxygen atoms in total. The molecule has 0 bridgehead atoms. The number of hydrogen-bond acceptors (Lipinski definition) is 8. The van der Waals surface area contributed by atoms with Crippen molar-refractivity contribution in [2.24, 2.45) is 0 Å². The summed E-state index contributed by atoms with van der Waals surface area (Å²) in [7, 11) is 0. The average Bonchev–Trinajstić information content (AvgIpc) is 2.74. The van der Waals surface area contributed by atoms with Crippen molar-refractivity contribution in [3.8, 4) is 5.88 Å². The SMILES string of the molecule is C/C=C/COc1cnc(C(=O)Cc2ccnc(CNc3cccnc3N)c2)cn1. The van der Waals surface area contributed by atoms with E-state index in [9.17, 15) is 4.79 Å². The first kappa shape index (κ1) is 19.9. The normalized spacial score (nSPS) is 10.8. The predicted molar refractivity (Wildman–Crippen MR) is 111 cm³/mol. The number of Topliss-reactive ketones (excluding diaryl/α,β-unsaturated/α-hetero) is 1. The van der Waals surface area contributed by atoms with Gasteiger partial charge in [0.2, 0.25) is 5.88 Å². The molecule has 0 saturated carbocycles. The molecule has 29 heavy (non-hydrogen) atoms. The smallest absolute Gasteiger partial charge is 0.232 e. The van der Waals surface area contributed by atoms with Crippen molar-refractivity contribution in [1.82, 2.24) is 19.9 Å². The summed E-state index contributed by atoms with van der Waals surface area (Å²) in [5.41, 5.74) is 8.49. The van der Waals surface area contributed by atoms with Crippen LogP contribution in [-0.2, 0) is 13.0 Å². The van der Waals surface area contributed by atoms with Crippen molar-refractivity contribution in [3.05, 3.63) is 78.2 Å². The Balaban J connectivity index is 1.59. The Bertz CT molecular complexity index is 988. The Morgan fingerprint density at radius 2 is 2.07 bits per heavy atom. The van der Waals surface area contributed by atoms with Crippen molar-refractivity contribution in [3.63, 3.8) is 0 Å². The molecule has 0 fully saturated rings. The van der Waals surface area contributed by atoms with E-state index in [4.69, 9.17) is 10.5 Å². The first-order valence-corrected chi connectivity index (χ1v) is 9.13. The van der Waals surface area contributed by atoms with Crippen LogP contribution in [0, 0.1) is 0 Å². The highest BCUT2D eigenvalue weighted by molar-refractivity contribution is 5.95. The number of allylic oxidation sites excluding steroid dienone is 1. The van der Waals surface area contributed by atoms with Gasteiger partial charge in [-0.3, -0.25) is 9.78 Å². The fourth-order valence-corrected chi connectivity index (χ4v) is 2.53. The molecular weight excluding hydrogens is 368 g/mol. The lowest BCUT2D eigenvalue weighted by atomic mass is 10.1. The number of carbonyl (C=O) groups is 1. The van der Waals surface area contributed by atoms with Gasteiger partial charge < -0.3 is 15.8 Å². The van der Waals surface area contributed by atoms with Crippen molar-refractivity contribution in [2.45, 2.75) is 19.9 Å². The zero-order valence-corrected chi connectivity index (χ0v) is 16.1. The Morgan fingerprint density at radius 1 is 1.17 bits per heavy atom. The second-order valence-corrected chi connectivity index (χ2v) is 6.17. The molecule has 0 aromatic carbocycles. The van der Waals surface area contributed by atoms with E-state index in [1.807, 2.05) is 37.3 Å². The first-order valence-electron chi connectivity index (χ1n) is 9.13. The molecule has 148 valence electrons. The number of ether oxygens (including phenoxy) is 1. The van der Waals surface area contributed by atoms with E-state index < -0.39 is 0 Å². The van der Waals surface area contributed by atoms with Crippen LogP contribution in [0.15, 0.2) is 61.2 Å². The first-order chi connectivity index (χ1) is 14.2. The molecule has 3 N–H and O–H groups in total. The zero-order valence-electron chi connectivity index (χ0n) is 16.1. The zero-order chi connectivity index (χ0) is 20.5. The van der Waals surface area contributed by atoms with Gasteiger partial charge in [-0.05, 0) is 36.8 Å². The number of anilines is 2. The van der Waals surface area contributed by atoms with Gasteiger partial charge in [-0.1, -0.05) is 12.2 Å². The lowest BCUT2D eigenvalue weighted by Gasteiger charge is -2.09. The molecule has 3 aromatic rings. The van der Waals surface area contributed by atoms with Gasteiger partial charge in [0.25, 0.3) is 0 Å². The van der Waals surface area contributed by atoms with E-state index in [-0.39, 0.29) is 12.2 Å². The Labute approximate surface area is 168 Å². The van der Waals surface area contributed by atoms with Crippen LogP contribution in [-0.4, -0.2) is 32.3 Å². The number of nitrogens with one attached hydrogen (secondary N) is 1. The van der Waals surface area contributed by atoms with Gasteiger partial charge in [0.05, 0.1) is 30.3 Å². The third kappa shape index (κ3) is 5.83. The van der Waals surface area contributed by atoms with E-state index in [0.717, 1.165) is 16.9 Å². The van der Waals surface area contributed by atoms with E-state index in [0.29, 0.717) is 30.5 Å². The third-order valence-electron chi connectivity index (χ3n) is 4.02. The van der Waals surface area contributed by atoms with E-state index in [2.05, 4.69) is 25.3 Å². The van der Waals surface area contributed by atoms with Gasteiger partial charge in [-0.15, -0.1) is 0 Å². The number of aromatic nitrogens is 4. The Morgan fingerprint density at radius 3 is 2.83 bits per heavy atom. The van der Waals surface area contributed by atoms with Gasteiger partial charge >= 0.3 is 0 Å². The lowest BCUT2D eigenvalue weighted by molar-refractivity contribution is 0.0987. The summed E-state index contributed by atoms with van der Waals surface area (Å²) < 4.78 is 5.39. The van der Waals surface area contributed by atoms with Crippen molar-refractivity contribution < 1.29 is 9.53 Å². The van der Waals surface area contributed by atoms with Crippen LogP contribution in [0.2, 0.25) is 0 Å². The largest absolute Gasteiger partial charge is 0.472 e. The summed E-state index contributed by atoms with van der Waals surface area (Å²) in [6.45, 7) is 2.79. The Hall–Kier alpha value is -3.81. The second-order valence-electron chi connectivity index (χ2n) is 6.17. The summed E-state index contributed by atoms with van der Waals surface area (Å²) >= 11 is 0. The number of ketones is 1. The average molecular weight is 390 g/mol. The molecule has 0 amide bonds. The van der Waals surface area contributed by atoms with Gasteiger partial charge in [-0.25, -0.2) is 15.0 Å². The van der Waals surface area contributed by atoms with E-state index in [1.165, 1.54) is 12.4 Å². The molecule has 8 heteroatoms. The summed E-state index contributed by atoms with van der Waals surface area (Å²) in [6.07, 6.45) is 10.1. The van der Waals surface area contributed by atoms with Crippen LogP contribution >= 0.6 is 0 Å². The molecule has 3 heterocycles. The molecule has 3 rings (SSSR count). The number of nitrogens with zero attached hydrogens (tertiary/aromatic N) is 4. The van der Waals surface area contributed by atoms with Crippen LogP contribution in [0.5, 0.6) is 5.88 Å². The van der Waals surface area contributed by atoms with Gasteiger partial charge in [0, 0.05) is 18.8 Å². The minimum absolute atomic E-state index is 0.126. The maximum Gasteiger partial charge on any atom is 0.232 e. The number of carbonyl (C=O) groups excluding carboxylic acids is 1. The number of nitrogens with two attached hydrogens (primary N) is 1. The topological polar surface area (TPSA) is 116 Å². The van der Waals surface area contributed by atoms with Crippen LogP contribution in [0.4, 0.5) is 11.5 Å². The summed E-state index contributed by atoms with van der Waals surface area (Å²) in [4.78, 5) is 29.1. The highest BCUT2D eigenvalue weighted by Gasteiger charge is 2.11. The molecule has 0 spiro atoms. The molecule has 0 unspecified atom stereocenters. The van der Waals surface area contributed by atoms with E-state index in [1.54, 1.807) is 18.5 Å². The van der Waals surface area contributed by atoms with Crippen LogP contribution in [0.25, 0.3) is 0 Å². The number of pyridine rings is 2. The molecule has 0 saturated heterocycles. The lowest BCUT2D eigenvalue weighted by Crippen LogP contribution is -2.09. The summed E-state index contributed by atoms with van der Waals surface area (Å²) in [5, 5.41) is 3.19. The fraction of sp³-hybridized carbons (Fsp3) is 0.190. The molecule has 0 aliphatic rings.